The fourth-order valence-corrected chi connectivity index (χ4v) is 1.96. The van der Waals surface area contributed by atoms with Crippen LogP contribution in [-0.2, 0) is 9.59 Å². The molecule has 0 saturated carbocycles. The lowest BCUT2D eigenvalue weighted by Gasteiger charge is -2.30. The Balaban J connectivity index is 3.59. The fraction of sp³-hybridized carbons (Fsp3) is 0.733. The largest absolute Gasteiger partial charge is 0.550 e. The first kappa shape index (κ1) is 18.6. The first-order chi connectivity index (χ1) is 9.24. The highest BCUT2D eigenvalue weighted by molar-refractivity contribution is 5.91. The van der Waals surface area contributed by atoms with Gasteiger partial charge in [0.2, 0.25) is 5.91 Å². The van der Waals surface area contributed by atoms with Crippen molar-refractivity contribution in [3.05, 3.63) is 12.2 Å². The Bertz CT molecular complexity index is 338. The van der Waals surface area contributed by atoms with Crippen molar-refractivity contribution < 1.29 is 19.2 Å². The number of hydrogen-bond donors (Lipinski definition) is 1. The molecule has 0 radical (unpaired) electrons. The van der Waals surface area contributed by atoms with Crippen LogP contribution in [0.2, 0.25) is 0 Å². The van der Waals surface area contributed by atoms with Gasteiger partial charge in [-0.3, -0.25) is 4.79 Å². The molecule has 0 fully saturated rings. The molecule has 20 heavy (non-hydrogen) atoms. The van der Waals surface area contributed by atoms with E-state index in [0.29, 0.717) is 18.5 Å². The Morgan fingerprint density at radius 3 is 2.25 bits per heavy atom. The molecule has 0 aromatic heterocycles. The highest BCUT2D eigenvalue weighted by atomic mass is 16.4. The monoisotopic (exact) mass is 284 g/mol. The second kappa shape index (κ2) is 9.53. The van der Waals surface area contributed by atoms with E-state index in [2.05, 4.69) is 26.0 Å². The van der Waals surface area contributed by atoms with Gasteiger partial charge in [-0.15, -0.1) is 0 Å². The molecule has 0 unspecified atom stereocenters. The quantitative estimate of drug-likeness (QED) is 0.340. The van der Waals surface area contributed by atoms with Crippen LogP contribution < -0.4 is 10.4 Å². The van der Waals surface area contributed by atoms with Crippen molar-refractivity contribution in [3.63, 3.8) is 0 Å². The summed E-state index contributed by atoms with van der Waals surface area (Å²) in [7, 11) is 4.22. The number of carbonyl (C=O) groups excluding carboxylic acids is 2. The average molecular weight is 284 g/mol. The second-order valence-electron chi connectivity index (χ2n) is 5.96. The lowest BCUT2D eigenvalue weighted by atomic mass is 10.2. The molecular weight excluding hydrogens is 256 g/mol. The summed E-state index contributed by atoms with van der Waals surface area (Å²) in [4.78, 5) is 21.6. The summed E-state index contributed by atoms with van der Waals surface area (Å²) in [6.45, 7) is 7.83. The normalized spacial score (nSPS) is 11.2. The molecule has 0 aliphatic rings. The Hall–Kier alpha value is -1.36. The lowest BCUT2D eigenvalue weighted by molar-refractivity contribution is -0.890. The summed E-state index contributed by atoms with van der Waals surface area (Å²) in [6, 6.07) is 0. The van der Waals surface area contributed by atoms with Crippen LogP contribution in [0, 0.1) is 0 Å². The molecule has 1 N–H and O–H groups in total. The summed E-state index contributed by atoms with van der Waals surface area (Å²) in [6.07, 6.45) is 3.87. The van der Waals surface area contributed by atoms with Gasteiger partial charge in [-0.1, -0.05) is 6.58 Å². The van der Waals surface area contributed by atoms with Gasteiger partial charge in [0.05, 0.1) is 27.2 Å². The van der Waals surface area contributed by atoms with Crippen LogP contribution in [0.25, 0.3) is 0 Å². The van der Waals surface area contributed by atoms with Gasteiger partial charge < -0.3 is 19.7 Å². The predicted octanol–water partition coefficient (Wildman–Crippen LogP) is 0.456. The number of nitrogens with one attached hydrogen (secondary N) is 1. The topological polar surface area (TPSA) is 69.2 Å². The van der Waals surface area contributed by atoms with Crippen molar-refractivity contribution in [2.75, 3.05) is 33.7 Å². The number of quaternary nitrogens is 1. The third-order valence-electron chi connectivity index (χ3n) is 3.26. The van der Waals surface area contributed by atoms with Gasteiger partial charge >= 0.3 is 0 Å². The Labute approximate surface area is 122 Å². The maximum atomic E-state index is 11.2. The summed E-state index contributed by atoms with van der Waals surface area (Å²) >= 11 is 0. The smallest absolute Gasteiger partial charge is 0.246 e. The third-order valence-corrected chi connectivity index (χ3v) is 3.26. The highest BCUT2D eigenvalue weighted by Gasteiger charge is 2.13. The molecule has 0 aromatic rings. The molecule has 0 aliphatic heterocycles. The molecule has 0 aliphatic carbocycles. The summed E-state index contributed by atoms with van der Waals surface area (Å²) in [5, 5.41) is 13.2. The number of amides is 1. The van der Waals surface area contributed by atoms with E-state index in [0.717, 1.165) is 36.8 Å². The third kappa shape index (κ3) is 10.6. The minimum Gasteiger partial charge on any atom is -0.550 e. The molecule has 116 valence electrons. The zero-order chi connectivity index (χ0) is 15.6. The second-order valence-corrected chi connectivity index (χ2v) is 5.96. The standard InChI is InChI=1S/C15H28N2O3/c1-13(2)15(20)16-10-6-5-7-11-17(3,4)12-8-9-14(18)19/h1,5-12H2,2-4H3,(H-,16,18,19,20). The van der Waals surface area contributed by atoms with E-state index in [4.69, 9.17) is 0 Å². The molecule has 1 amide bonds. The van der Waals surface area contributed by atoms with Gasteiger partial charge in [-0.2, -0.15) is 0 Å². The molecule has 0 bridgehead atoms. The number of nitrogens with zero attached hydrogens (tertiary/aromatic N) is 1. The van der Waals surface area contributed by atoms with Gasteiger partial charge in [0, 0.05) is 24.5 Å². The number of carboxylic acids is 1. The molecule has 0 atom stereocenters. The summed E-state index contributed by atoms with van der Waals surface area (Å²) in [5.74, 6) is -1.05. The van der Waals surface area contributed by atoms with E-state index in [1.54, 1.807) is 6.92 Å². The van der Waals surface area contributed by atoms with E-state index >= 15 is 0 Å². The average Bonchev–Trinajstić information content (AvgIpc) is 2.32. The molecule has 0 saturated heterocycles. The molecule has 0 spiro atoms. The molecule has 5 nitrogen and oxygen atoms in total. The minimum absolute atomic E-state index is 0.0802. The SMILES string of the molecule is C=C(C)C(=O)NCCCCC[N+](C)(C)CCCC(=O)[O-]. The van der Waals surface area contributed by atoms with Gasteiger partial charge in [0.1, 0.15) is 0 Å². The van der Waals surface area contributed by atoms with Crippen LogP contribution in [-0.4, -0.2) is 50.1 Å². The van der Waals surface area contributed by atoms with Gasteiger partial charge in [-0.05, 0) is 32.6 Å². The first-order valence-electron chi connectivity index (χ1n) is 7.20. The number of aliphatic carboxylic acids is 1. The Kier molecular flexibility index (Phi) is 8.88. The van der Waals surface area contributed by atoms with Crippen LogP contribution in [0.5, 0.6) is 0 Å². The number of carboxylic acid groups (broad SMARTS) is 1. The molecule has 5 heteroatoms. The van der Waals surface area contributed by atoms with Crippen LogP contribution >= 0.6 is 0 Å². The van der Waals surface area contributed by atoms with Crippen molar-refractivity contribution in [1.29, 1.82) is 0 Å². The summed E-state index contributed by atoms with van der Waals surface area (Å²) < 4.78 is 0.825. The predicted molar refractivity (Wildman–Crippen MR) is 77.8 cm³/mol. The fourth-order valence-electron chi connectivity index (χ4n) is 1.96. The summed E-state index contributed by atoms with van der Waals surface area (Å²) in [5.41, 5.74) is 0.538. The minimum atomic E-state index is -0.974. The van der Waals surface area contributed by atoms with E-state index in [1.807, 2.05) is 0 Å². The van der Waals surface area contributed by atoms with E-state index in [9.17, 15) is 14.7 Å². The Morgan fingerprint density at radius 2 is 1.70 bits per heavy atom. The highest BCUT2D eigenvalue weighted by Crippen LogP contribution is 2.06. The van der Waals surface area contributed by atoms with Crippen molar-refractivity contribution in [3.8, 4) is 0 Å². The van der Waals surface area contributed by atoms with Crippen molar-refractivity contribution in [2.24, 2.45) is 0 Å². The molecule has 0 heterocycles. The number of rotatable bonds is 11. The van der Waals surface area contributed by atoms with Gasteiger partial charge in [-0.25, -0.2) is 0 Å². The van der Waals surface area contributed by atoms with Gasteiger partial charge in [0.25, 0.3) is 0 Å². The lowest BCUT2D eigenvalue weighted by Crippen LogP contribution is -2.41. The van der Waals surface area contributed by atoms with E-state index < -0.39 is 5.97 Å². The molecule has 0 rings (SSSR count). The van der Waals surface area contributed by atoms with Gasteiger partial charge in [0.15, 0.2) is 0 Å². The number of unbranched alkanes of at least 4 members (excludes halogenated alkanes) is 2. The molecule has 0 aromatic carbocycles. The van der Waals surface area contributed by atoms with Crippen LogP contribution in [0.4, 0.5) is 0 Å². The Morgan fingerprint density at radius 1 is 1.10 bits per heavy atom. The number of carbonyl (C=O) groups is 2. The number of hydrogen-bond acceptors (Lipinski definition) is 3. The van der Waals surface area contributed by atoms with E-state index in [-0.39, 0.29) is 12.3 Å². The maximum absolute atomic E-state index is 11.2. The van der Waals surface area contributed by atoms with Crippen molar-refractivity contribution >= 4 is 11.9 Å². The maximum Gasteiger partial charge on any atom is 0.246 e. The first-order valence-corrected chi connectivity index (χ1v) is 7.20. The van der Waals surface area contributed by atoms with E-state index in [1.165, 1.54) is 0 Å². The zero-order valence-electron chi connectivity index (χ0n) is 13.0. The molecular formula is C15H28N2O3. The zero-order valence-corrected chi connectivity index (χ0v) is 13.0. The van der Waals surface area contributed by atoms with Crippen molar-refractivity contribution in [1.82, 2.24) is 5.32 Å². The van der Waals surface area contributed by atoms with Crippen LogP contribution in [0.3, 0.4) is 0 Å². The van der Waals surface area contributed by atoms with Crippen molar-refractivity contribution in [2.45, 2.75) is 39.0 Å². The van der Waals surface area contributed by atoms with Crippen LogP contribution in [0.1, 0.15) is 39.0 Å². The van der Waals surface area contributed by atoms with Crippen LogP contribution in [0.15, 0.2) is 12.2 Å².